The van der Waals surface area contributed by atoms with Gasteiger partial charge in [0, 0.05) is 6.42 Å². The normalized spacial score (nSPS) is 10.6. The van der Waals surface area contributed by atoms with Gasteiger partial charge in [-0.05, 0) is 25.0 Å². The van der Waals surface area contributed by atoms with E-state index in [-0.39, 0.29) is 12.8 Å². The highest BCUT2D eigenvalue weighted by Crippen LogP contribution is 2.15. The van der Waals surface area contributed by atoms with E-state index in [9.17, 15) is 4.79 Å². The predicted octanol–water partition coefficient (Wildman–Crippen LogP) is 2.29. The summed E-state index contributed by atoms with van der Waals surface area (Å²) in [6, 6.07) is 6.22. The Morgan fingerprint density at radius 2 is 2.00 bits per heavy atom. The van der Waals surface area contributed by atoms with Crippen LogP contribution in [0, 0.1) is 13.8 Å². The molecule has 0 fully saturated rings. The van der Waals surface area contributed by atoms with Crippen LogP contribution in [0.15, 0.2) is 22.6 Å². The van der Waals surface area contributed by atoms with Gasteiger partial charge in [-0.3, -0.25) is 4.79 Å². The lowest BCUT2D eigenvalue weighted by molar-refractivity contribution is -0.137. The fraction of sp³-hybridized carbons (Fsp3) is 0.357. The van der Waals surface area contributed by atoms with E-state index in [2.05, 4.69) is 28.4 Å². The number of aliphatic carboxylic acids is 1. The molecule has 1 aromatic heterocycles. The third-order valence-electron chi connectivity index (χ3n) is 2.91. The van der Waals surface area contributed by atoms with Crippen LogP contribution in [0.4, 0.5) is 0 Å². The molecule has 5 nitrogen and oxygen atoms in total. The Labute approximate surface area is 111 Å². The Hall–Kier alpha value is -2.17. The molecule has 100 valence electrons. The van der Waals surface area contributed by atoms with Gasteiger partial charge >= 0.3 is 5.97 Å². The van der Waals surface area contributed by atoms with Crippen LogP contribution in [0.3, 0.4) is 0 Å². The quantitative estimate of drug-likeness (QED) is 0.892. The Morgan fingerprint density at radius 1 is 1.26 bits per heavy atom. The molecule has 0 spiro atoms. The lowest BCUT2D eigenvalue weighted by Gasteiger charge is -2.03. The van der Waals surface area contributed by atoms with Crippen LogP contribution < -0.4 is 0 Å². The molecule has 0 saturated carbocycles. The number of nitrogens with zero attached hydrogens (tertiary/aromatic N) is 2. The monoisotopic (exact) mass is 260 g/mol. The third-order valence-corrected chi connectivity index (χ3v) is 2.91. The summed E-state index contributed by atoms with van der Waals surface area (Å²) < 4.78 is 5.45. The van der Waals surface area contributed by atoms with E-state index in [4.69, 9.17) is 9.52 Å². The van der Waals surface area contributed by atoms with Gasteiger partial charge in [0.15, 0.2) is 0 Å². The van der Waals surface area contributed by atoms with Crippen LogP contribution in [0.5, 0.6) is 0 Å². The van der Waals surface area contributed by atoms with Gasteiger partial charge in [-0.15, -0.1) is 10.2 Å². The van der Waals surface area contributed by atoms with E-state index in [1.165, 1.54) is 11.1 Å². The van der Waals surface area contributed by atoms with Gasteiger partial charge in [-0.25, -0.2) is 0 Å². The Bertz CT molecular complexity index is 590. The lowest BCUT2D eigenvalue weighted by atomic mass is 10.0. The first-order valence-corrected chi connectivity index (χ1v) is 6.14. The lowest BCUT2D eigenvalue weighted by Crippen LogP contribution is -1.97. The molecule has 1 aromatic carbocycles. The Morgan fingerprint density at radius 3 is 2.74 bits per heavy atom. The molecule has 1 N–H and O–H groups in total. The van der Waals surface area contributed by atoms with Crippen LogP contribution in [0.25, 0.3) is 0 Å². The smallest absolute Gasteiger partial charge is 0.303 e. The van der Waals surface area contributed by atoms with Crippen molar-refractivity contribution in [2.75, 3.05) is 0 Å². The molecule has 0 unspecified atom stereocenters. The van der Waals surface area contributed by atoms with Crippen LogP contribution in [-0.4, -0.2) is 21.3 Å². The zero-order chi connectivity index (χ0) is 13.8. The van der Waals surface area contributed by atoms with Gasteiger partial charge in [0.2, 0.25) is 11.8 Å². The summed E-state index contributed by atoms with van der Waals surface area (Å²) in [6.07, 6.45) is 0.855. The van der Waals surface area contributed by atoms with Crippen molar-refractivity contribution in [1.82, 2.24) is 10.2 Å². The fourth-order valence-corrected chi connectivity index (χ4v) is 1.83. The van der Waals surface area contributed by atoms with Crippen molar-refractivity contribution >= 4 is 5.97 Å². The SMILES string of the molecule is Cc1ccc(C)c(Cc2nnc(CCC(=O)O)o2)c1. The number of hydrogen-bond donors (Lipinski definition) is 1. The highest BCUT2D eigenvalue weighted by atomic mass is 16.4. The molecule has 1 heterocycles. The molecule has 0 amide bonds. The third kappa shape index (κ3) is 3.64. The van der Waals surface area contributed by atoms with Crippen molar-refractivity contribution in [3.63, 3.8) is 0 Å². The number of aryl methyl sites for hydroxylation is 3. The second-order valence-electron chi connectivity index (χ2n) is 4.59. The first-order chi connectivity index (χ1) is 9.04. The van der Waals surface area contributed by atoms with Gasteiger partial charge in [0.1, 0.15) is 0 Å². The molecule has 0 radical (unpaired) electrons. The zero-order valence-corrected chi connectivity index (χ0v) is 11.0. The number of aromatic nitrogens is 2. The first-order valence-electron chi connectivity index (χ1n) is 6.14. The summed E-state index contributed by atoms with van der Waals surface area (Å²) in [5.41, 5.74) is 3.51. The van der Waals surface area contributed by atoms with Gasteiger partial charge < -0.3 is 9.52 Å². The summed E-state index contributed by atoms with van der Waals surface area (Å²) in [4.78, 5) is 10.5. The second-order valence-corrected chi connectivity index (χ2v) is 4.59. The zero-order valence-electron chi connectivity index (χ0n) is 11.0. The maximum atomic E-state index is 10.5. The number of rotatable bonds is 5. The molecule has 0 bridgehead atoms. The Kier molecular flexibility index (Phi) is 3.94. The number of benzene rings is 1. The van der Waals surface area contributed by atoms with Gasteiger partial charge in [-0.2, -0.15) is 0 Å². The number of carbonyl (C=O) groups is 1. The van der Waals surface area contributed by atoms with Crippen molar-refractivity contribution in [1.29, 1.82) is 0 Å². The number of carboxylic acid groups (broad SMARTS) is 1. The minimum Gasteiger partial charge on any atom is -0.481 e. The maximum absolute atomic E-state index is 10.5. The Balaban J connectivity index is 2.07. The summed E-state index contributed by atoms with van der Waals surface area (Å²) in [5.74, 6) is 0.0334. The fourth-order valence-electron chi connectivity index (χ4n) is 1.83. The minimum absolute atomic E-state index is 0.00507. The van der Waals surface area contributed by atoms with E-state index in [0.717, 1.165) is 5.56 Å². The molecular formula is C14H16N2O3. The molecule has 19 heavy (non-hydrogen) atoms. The molecule has 5 heteroatoms. The van der Waals surface area contributed by atoms with Crippen LogP contribution in [0.2, 0.25) is 0 Å². The van der Waals surface area contributed by atoms with E-state index in [0.29, 0.717) is 18.2 Å². The van der Waals surface area contributed by atoms with Gasteiger partial charge in [0.05, 0.1) is 12.8 Å². The van der Waals surface area contributed by atoms with Crippen molar-refractivity contribution in [3.05, 3.63) is 46.7 Å². The van der Waals surface area contributed by atoms with E-state index in [1.807, 2.05) is 13.8 Å². The van der Waals surface area contributed by atoms with E-state index < -0.39 is 5.97 Å². The van der Waals surface area contributed by atoms with Crippen molar-refractivity contribution in [2.24, 2.45) is 0 Å². The topological polar surface area (TPSA) is 76.2 Å². The molecule has 0 atom stereocenters. The van der Waals surface area contributed by atoms with E-state index >= 15 is 0 Å². The molecule has 0 aliphatic heterocycles. The average molecular weight is 260 g/mol. The number of hydrogen-bond acceptors (Lipinski definition) is 4. The van der Waals surface area contributed by atoms with Crippen molar-refractivity contribution in [2.45, 2.75) is 33.1 Å². The van der Waals surface area contributed by atoms with Crippen LogP contribution in [0.1, 0.15) is 34.9 Å². The maximum Gasteiger partial charge on any atom is 0.303 e. The van der Waals surface area contributed by atoms with Crippen molar-refractivity contribution < 1.29 is 14.3 Å². The highest BCUT2D eigenvalue weighted by molar-refractivity contribution is 5.66. The molecule has 0 saturated heterocycles. The molecule has 2 aromatic rings. The average Bonchev–Trinajstić information content (AvgIpc) is 2.79. The van der Waals surface area contributed by atoms with Crippen LogP contribution in [-0.2, 0) is 17.6 Å². The van der Waals surface area contributed by atoms with Gasteiger partial charge in [0.25, 0.3) is 0 Å². The number of carboxylic acids is 1. The first kappa shape index (κ1) is 13.3. The second kappa shape index (κ2) is 5.65. The van der Waals surface area contributed by atoms with Crippen molar-refractivity contribution in [3.8, 4) is 0 Å². The van der Waals surface area contributed by atoms with Gasteiger partial charge in [-0.1, -0.05) is 23.8 Å². The standard InChI is InChI=1S/C14H16N2O3/c1-9-3-4-10(2)11(7-9)8-13-16-15-12(19-13)5-6-14(17)18/h3-4,7H,5-6,8H2,1-2H3,(H,17,18). The van der Waals surface area contributed by atoms with E-state index in [1.54, 1.807) is 0 Å². The van der Waals surface area contributed by atoms with Crippen LogP contribution >= 0.6 is 0 Å². The minimum atomic E-state index is -0.866. The highest BCUT2D eigenvalue weighted by Gasteiger charge is 2.10. The largest absolute Gasteiger partial charge is 0.481 e. The summed E-state index contributed by atoms with van der Waals surface area (Å²) in [7, 11) is 0. The summed E-state index contributed by atoms with van der Waals surface area (Å²) in [6.45, 7) is 4.07. The summed E-state index contributed by atoms with van der Waals surface area (Å²) in [5, 5.41) is 16.4. The summed E-state index contributed by atoms with van der Waals surface area (Å²) >= 11 is 0. The molecule has 0 aliphatic carbocycles. The molecule has 2 rings (SSSR count). The molecule has 0 aliphatic rings. The molecular weight excluding hydrogens is 244 g/mol. The predicted molar refractivity (Wildman–Crippen MR) is 69.0 cm³/mol.